The molecule has 0 N–H and O–H groups in total. The van der Waals surface area contributed by atoms with E-state index in [-0.39, 0.29) is 0 Å². The van der Waals surface area contributed by atoms with E-state index in [4.69, 9.17) is 0 Å². The van der Waals surface area contributed by atoms with Crippen molar-refractivity contribution in [2.75, 3.05) is 0 Å². The smallest absolute Gasteiger partial charge is 0.434 e. The number of rotatable bonds is 3. The molecule has 0 unspecified atom stereocenters. The lowest BCUT2D eigenvalue weighted by Gasteiger charge is -2.22. The number of carbonyl (C=O) groups excluding carboxylic acids is 1. The van der Waals surface area contributed by atoms with Gasteiger partial charge in [0.1, 0.15) is 0 Å². The molecule has 0 spiro atoms. The molecule has 110 valence electrons. The molecule has 0 bridgehead atoms. The number of carbonyl (C=O) groups is 1. The second-order valence-corrected chi connectivity index (χ2v) is 3.69. The molecule has 0 aromatic heterocycles. The molecule has 1 aromatic carbocycles. The van der Waals surface area contributed by atoms with Crippen molar-refractivity contribution >= 4 is 12.0 Å². The molecule has 0 saturated carbocycles. The summed E-state index contributed by atoms with van der Waals surface area (Å²) in [4.78, 5) is 11.3. The van der Waals surface area contributed by atoms with E-state index in [0.29, 0.717) is 5.56 Å². The van der Waals surface area contributed by atoms with Crippen molar-refractivity contribution in [3.8, 4) is 0 Å². The Kier molecular flexibility index (Phi) is 4.46. The molecule has 0 radical (unpaired) electrons. The van der Waals surface area contributed by atoms with E-state index in [1.165, 1.54) is 18.2 Å². The Balaban J connectivity index is 2.93. The van der Waals surface area contributed by atoms with Crippen molar-refractivity contribution in [2.45, 2.75) is 18.5 Å². The fraction of sp³-hybridized carbons (Fsp3) is 0.250. The van der Waals surface area contributed by atoms with Crippen molar-refractivity contribution in [2.24, 2.45) is 0 Å². The lowest BCUT2D eigenvalue weighted by molar-refractivity contribution is -0.307. The molecular formula is C12H8F6O2. The molecule has 20 heavy (non-hydrogen) atoms. The van der Waals surface area contributed by atoms with Crippen LogP contribution in [0.15, 0.2) is 30.8 Å². The van der Waals surface area contributed by atoms with Crippen molar-refractivity contribution in [3.05, 3.63) is 42.0 Å². The summed E-state index contributed by atoms with van der Waals surface area (Å²) in [5.41, 5.74) is 0.124. The first-order chi connectivity index (χ1) is 9.05. The Morgan fingerprint density at radius 2 is 1.50 bits per heavy atom. The Bertz CT molecular complexity index is 472. The van der Waals surface area contributed by atoms with Crippen molar-refractivity contribution < 1.29 is 35.9 Å². The summed E-state index contributed by atoms with van der Waals surface area (Å²) in [6.45, 7) is 3.40. The quantitative estimate of drug-likeness (QED) is 0.623. The highest BCUT2D eigenvalue weighted by Crippen LogP contribution is 2.36. The third-order valence-electron chi connectivity index (χ3n) is 2.20. The van der Waals surface area contributed by atoms with Crippen LogP contribution in [0.25, 0.3) is 6.08 Å². The summed E-state index contributed by atoms with van der Waals surface area (Å²) in [5, 5.41) is 0. The Hall–Kier alpha value is -1.99. The highest BCUT2D eigenvalue weighted by Gasteiger charge is 2.59. The number of halogens is 6. The Labute approximate surface area is 109 Å². The highest BCUT2D eigenvalue weighted by atomic mass is 19.4. The molecule has 2 nitrogen and oxygen atoms in total. The Morgan fingerprint density at radius 3 is 1.85 bits per heavy atom. The summed E-state index contributed by atoms with van der Waals surface area (Å²) < 4.78 is 76.7. The van der Waals surface area contributed by atoms with Crippen LogP contribution in [0.3, 0.4) is 0 Å². The van der Waals surface area contributed by atoms with Gasteiger partial charge in [-0.1, -0.05) is 24.8 Å². The monoisotopic (exact) mass is 298 g/mol. The van der Waals surface area contributed by atoms with Crippen molar-refractivity contribution in [3.63, 3.8) is 0 Å². The van der Waals surface area contributed by atoms with E-state index in [2.05, 4.69) is 11.3 Å². The summed E-state index contributed by atoms with van der Waals surface area (Å²) in [7, 11) is 0. The highest BCUT2D eigenvalue weighted by molar-refractivity contribution is 5.89. The minimum atomic E-state index is -5.73. The number of hydrogen-bond donors (Lipinski definition) is 0. The van der Waals surface area contributed by atoms with E-state index in [0.717, 1.165) is 12.1 Å². The third kappa shape index (κ3) is 4.01. The topological polar surface area (TPSA) is 26.3 Å². The van der Waals surface area contributed by atoms with Gasteiger partial charge in [-0.05, 0) is 17.7 Å². The first-order valence-electron chi connectivity index (χ1n) is 5.12. The summed E-state index contributed by atoms with van der Waals surface area (Å²) in [5.74, 6) is -1.71. The SMILES string of the molecule is C=Cc1ccc(C(=O)OC(C(F)(F)F)C(F)(F)F)cc1. The van der Waals surface area contributed by atoms with Gasteiger partial charge in [-0.2, -0.15) is 26.3 Å². The van der Waals surface area contributed by atoms with Gasteiger partial charge in [0.15, 0.2) is 0 Å². The first kappa shape index (κ1) is 16.1. The minimum Gasteiger partial charge on any atom is -0.439 e. The molecule has 1 aromatic rings. The molecular weight excluding hydrogens is 290 g/mol. The van der Waals surface area contributed by atoms with Gasteiger partial charge in [-0.3, -0.25) is 0 Å². The van der Waals surface area contributed by atoms with Crippen LogP contribution < -0.4 is 0 Å². The zero-order chi connectivity index (χ0) is 15.6. The number of benzene rings is 1. The van der Waals surface area contributed by atoms with E-state index in [1.54, 1.807) is 0 Å². The van der Waals surface area contributed by atoms with E-state index in [1.807, 2.05) is 0 Å². The maximum Gasteiger partial charge on any atom is 0.434 e. The average Bonchev–Trinajstić information content (AvgIpc) is 2.33. The van der Waals surface area contributed by atoms with E-state index < -0.39 is 30.0 Å². The molecule has 0 aliphatic carbocycles. The number of ether oxygens (including phenoxy) is 1. The zero-order valence-corrected chi connectivity index (χ0v) is 9.76. The lowest BCUT2D eigenvalue weighted by Crippen LogP contribution is -2.45. The first-order valence-corrected chi connectivity index (χ1v) is 5.12. The van der Waals surface area contributed by atoms with E-state index in [9.17, 15) is 31.1 Å². The van der Waals surface area contributed by atoms with Crippen LogP contribution in [0.5, 0.6) is 0 Å². The van der Waals surface area contributed by atoms with Crippen LogP contribution in [-0.2, 0) is 4.74 Å². The molecule has 8 heteroatoms. The molecule has 0 aliphatic rings. The van der Waals surface area contributed by atoms with Gasteiger partial charge in [0.25, 0.3) is 6.10 Å². The standard InChI is InChI=1S/C12H8F6O2/c1-2-7-3-5-8(6-4-7)9(19)20-10(11(13,14)15)12(16,17)18/h2-6,10H,1H2. The fourth-order valence-electron chi connectivity index (χ4n) is 1.25. The molecule has 0 amide bonds. The van der Waals surface area contributed by atoms with Crippen LogP contribution in [0.4, 0.5) is 26.3 Å². The maximum atomic E-state index is 12.2. The summed E-state index contributed by atoms with van der Waals surface area (Å²) in [6, 6.07) is 4.70. The minimum absolute atomic E-state index is 0.422. The van der Waals surface area contributed by atoms with Crippen LogP contribution in [-0.4, -0.2) is 24.4 Å². The Morgan fingerprint density at radius 1 is 1.05 bits per heavy atom. The predicted molar refractivity (Wildman–Crippen MR) is 57.8 cm³/mol. The molecule has 0 heterocycles. The largest absolute Gasteiger partial charge is 0.439 e. The normalized spacial score (nSPS) is 12.3. The van der Waals surface area contributed by atoms with Gasteiger partial charge in [-0.25, -0.2) is 4.79 Å². The van der Waals surface area contributed by atoms with Gasteiger partial charge in [-0.15, -0.1) is 0 Å². The fourth-order valence-corrected chi connectivity index (χ4v) is 1.25. The zero-order valence-electron chi connectivity index (χ0n) is 9.76. The lowest BCUT2D eigenvalue weighted by atomic mass is 10.1. The van der Waals surface area contributed by atoms with Crippen LogP contribution >= 0.6 is 0 Å². The van der Waals surface area contributed by atoms with Gasteiger partial charge < -0.3 is 4.74 Å². The van der Waals surface area contributed by atoms with Crippen LogP contribution in [0.2, 0.25) is 0 Å². The average molecular weight is 298 g/mol. The maximum absolute atomic E-state index is 12.2. The third-order valence-corrected chi connectivity index (χ3v) is 2.20. The van der Waals surface area contributed by atoms with Crippen LogP contribution in [0.1, 0.15) is 15.9 Å². The number of esters is 1. The molecule has 0 fully saturated rings. The second-order valence-electron chi connectivity index (χ2n) is 3.69. The predicted octanol–water partition coefficient (Wildman–Crippen LogP) is 3.98. The summed E-state index contributed by atoms with van der Waals surface area (Å²) >= 11 is 0. The van der Waals surface area contributed by atoms with Gasteiger partial charge in [0.2, 0.25) is 0 Å². The van der Waals surface area contributed by atoms with Crippen molar-refractivity contribution in [1.29, 1.82) is 0 Å². The number of alkyl halides is 6. The molecule has 0 atom stereocenters. The van der Waals surface area contributed by atoms with Crippen LogP contribution in [0, 0.1) is 0 Å². The molecule has 0 saturated heterocycles. The second kappa shape index (κ2) is 5.56. The number of hydrogen-bond acceptors (Lipinski definition) is 2. The van der Waals surface area contributed by atoms with E-state index >= 15 is 0 Å². The van der Waals surface area contributed by atoms with Gasteiger partial charge in [0.05, 0.1) is 5.56 Å². The van der Waals surface area contributed by atoms with Crippen molar-refractivity contribution in [1.82, 2.24) is 0 Å². The summed E-state index contributed by atoms with van der Waals surface area (Å²) in [6.07, 6.45) is -14.2. The molecule has 1 rings (SSSR count). The van der Waals surface area contributed by atoms with Gasteiger partial charge >= 0.3 is 18.3 Å². The van der Waals surface area contributed by atoms with Gasteiger partial charge in [0, 0.05) is 0 Å². The molecule has 0 aliphatic heterocycles.